The van der Waals surface area contributed by atoms with Gasteiger partial charge in [-0.3, -0.25) is 13.9 Å². The first-order valence-electron chi connectivity index (χ1n) is 12.2. The minimum absolute atomic E-state index is 0.0965. The summed E-state index contributed by atoms with van der Waals surface area (Å²) in [6, 6.07) is 12.0. The summed E-state index contributed by atoms with van der Waals surface area (Å²) in [6.45, 7) is 10.5. The summed E-state index contributed by atoms with van der Waals surface area (Å²) < 4.78 is 26.3. The van der Waals surface area contributed by atoms with E-state index in [9.17, 15) is 18.0 Å². The molecular weight excluding hydrogens is 498 g/mol. The summed E-state index contributed by atoms with van der Waals surface area (Å²) >= 11 is 6.13. The van der Waals surface area contributed by atoms with Crippen molar-refractivity contribution in [2.45, 2.75) is 60.0 Å². The molecule has 0 aliphatic heterocycles. The van der Waals surface area contributed by atoms with Crippen LogP contribution in [-0.2, 0) is 26.2 Å². The van der Waals surface area contributed by atoms with Crippen LogP contribution >= 0.6 is 11.6 Å². The Balaban J connectivity index is 2.18. The molecule has 0 saturated carbocycles. The minimum atomic E-state index is -3.53. The highest BCUT2D eigenvalue weighted by atomic mass is 35.5. The molecule has 2 rings (SSSR count). The zero-order valence-electron chi connectivity index (χ0n) is 22.0. The van der Waals surface area contributed by atoms with Crippen molar-refractivity contribution < 1.29 is 18.0 Å². The molecule has 0 fully saturated rings. The highest BCUT2D eigenvalue weighted by molar-refractivity contribution is 7.92. The summed E-state index contributed by atoms with van der Waals surface area (Å²) in [5.74, 6) is -0.173. The van der Waals surface area contributed by atoms with Gasteiger partial charge in [-0.25, -0.2) is 8.42 Å². The molecule has 0 bridgehead atoms. The maximum Gasteiger partial charge on any atom is 0.242 e. The number of nitrogens with zero attached hydrogens (tertiary/aromatic N) is 2. The van der Waals surface area contributed by atoms with Crippen LogP contribution in [0.1, 0.15) is 50.3 Å². The monoisotopic (exact) mass is 535 g/mol. The molecule has 0 spiro atoms. The Morgan fingerprint density at radius 1 is 1.03 bits per heavy atom. The van der Waals surface area contributed by atoms with E-state index in [4.69, 9.17) is 11.6 Å². The van der Waals surface area contributed by atoms with Crippen LogP contribution in [-0.4, -0.2) is 50.5 Å². The zero-order chi connectivity index (χ0) is 27.0. The van der Waals surface area contributed by atoms with Gasteiger partial charge in [0.1, 0.15) is 6.04 Å². The van der Waals surface area contributed by atoms with E-state index in [-0.39, 0.29) is 37.2 Å². The molecule has 0 heterocycles. The Hall–Kier alpha value is -2.58. The van der Waals surface area contributed by atoms with E-state index < -0.39 is 16.1 Å². The molecular formula is C27H38ClN3O4S. The van der Waals surface area contributed by atoms with Crippen molar-refractivity contribution >= 4 is 39.1 Å². The van der Waals surface area contributed by atoms with Gasteiger partial charge in [-0.1, -0.05) is 43.6 Å². The van der Waals surface area contributed by atoms with Crippen LogP contribution in [0.4, 0.5) is 5.69 Å². The van der Waals surface area contributed by atoms with Crippen LogP contribution in [0.5, 0.6) is 0 Å². The number of carbonyl (C=O) groups is 2. The fourth-order valence-electron chi connectivity index (χ4n) is 3.75. The summed E-state index contributed by atoms with van der Waals surface area (Å²) in [7, 11) is -3.53. The third-order valence-corrected chi connectivity index (χ3v) is 7.45. The average molecular weight is 536 g/mol. The van der Waals surface area contributed by atoms with Crippen LogP contribution in [0.2, 0.25) is 5.02 Å². The normalized spacial score (nSPS) is 12.3. The smallest absolute Gasteiger partial charge is 0.242 e. The molecule has 1 atom stereocenters. The quantitative estimate of drug-likeness (QED) is 0.427. The molecule has 2 aromatic rings. The predicted molar refractivity (Wildman–Crippen MR) is 147 cm³/mol. The summed E-state index contributed by atoms with van der Waals surface area (Å²) in [6.07, 6.45) is 1.57. The molecule has 0 aromatic heterocycles. The second kappa shape index (κ2) is 13.1. The maximum atomic E-state index is 13.3. The lowest BCUT2D eigenvalue weighted by molar-refractivity contribution is -0.140. The van der Waals surface area contributed by atoms with Crippen molar-refractivity contribution in [1.82, 2.24) is 10.2 Å². The first-order chi connectivity index (χ1) is 16.8. The third kappa shape index (κ3) is 8.82. The molecule has 1 unspecified atom stereocenters. The Kier molecular flexibility index (Phi) is 10.8. The molecule has 2 aromatic carbocycles. The lowest BCUT2D eigenvalue weighted by Gasteiger charge is -2.30. The number of halogens is 1. The van der Waals surface area contributed by atoms with Gasteiger partial charge in [0.15, 0.2) is 0 Å². The van der Waals surface area contributed by atoms with Gasteiger partial charge in [-0.05, 0) is 74.1 Å². The Labute approximate surface area is 220 Å². The standard InChI is InChI=1S/C27H38ClN3O4S/c1-19(2)17-29-27(33)22(5)30(18-23-9-7-10-24(28)16-23)26(32)11-8-14-31(36(6,34)35)25-13-12-20(3)21(4)15-25/h7,9-10,12-13,15-16,19,22H,8,11,14,17-18H2,1-6H3,(H,29,33). The number of aryl methyl sites for hydroxylation is 2. The first kappa shape index (κ1) is 29.6. The van der Waals surface area contributed by atoms with E-state index in [0.717, 1.165) is 22.9 Å². The number of amides is 2. The van der Waals surface area contributed by atoms with Gasteiger partial charge in [-0.15, -0.1) is 0 Å². The van der Waals surface area contributed by atoms with E-state index in [1.165, 1.54) is 9.21 Å². The van der Waals surface area contributed by atoms with Gasteiger partial charge in [0.25, 0.3) is 0 Å². The molecule has 0 aliphatic rings. The van der Waals surface area contributed by atoms with Gasteiger partial charge in [-0.2, -0.15) is 0 Å². The van der Waals surface area contributed by atoms with Crippen molar-refractivity contribution in [3.8, 4) is 0 Å². The van der Waals surface area contributed by atoms with E-state index in [1.807, 2.05) is 45.9 Å². The van der Waals surface area contributed by atoms with Crippen molar-refractivity contribution in [3.63, 3.8) is 0 Å². The number of hydrogen-bond acceptors (Lipinski definition) is 4. The van der Waals surface area contributed by atoms with Crippen molar-refractivity contribution in [2.75, 3.05) is 23.7 Å². The summed E-state index contributed by atoms with van der Waals surface area (Å²) in [5.41, 5.74) is 3.45. The van der Waals surface area contributed by atoms with Crippen molar-refractivity contribution in [1.29, 1.82) is 0 Å². The van der Waals surface area contributed by atoms with Crippen molar-refractivity contribution in [2.24, 2.45) is 5.92 Å². The van der Waals surface area contributed by atoms with Crippen LogP contribution < -0.4 is 9.62 Å². The second-order valence-electron chi connectivity index (χ2n) is 9.67. The zero-order valence-corrected chi connectivity index (χ0v) is 23.6. The predicted octanol–water partition coefficient (Wildman–Crippen LogP) is 4.69. The lowest BCUT2D eigenvalue weighted by Crippen LogP contribution is -2.48. The molecule has 2 amide bonds. The molecule has 9 heteroatoms. The molecule has 0 aliphatic carbocycles. The number of nitrogens with one attached hydrogen (secondary N) is 1. The highest BCUT2D eigenvalue weighted by Crippen LogP contribution is 2.22. The molecule has 1 N–H and O–H groups in total. The third-order valence-electron chi connectivity index (χ3n) is 6.02. The maximum absolute atomic E-state index is 13.3. The van der Waals surface area contributed by atoms with Gasteiger partial charge < -0.3 is 10.2 Å². The molecule has 7 nitrogen and oxygen atoms in total. The number of carbonyl (C=O) groups excluding carboxylic acids is 2. The van der Waals surface area contributed by atoms with Crippen LogP contribution in [0.3, 0.4) is 0 Å². The fraction of sp³-hybridized carbons (Fsp3) is 0.481. The number of hydrogen-bond donors (Lipinski definition) is 1. The van der Waals surface area contributed by atoms with Crippen molar-refractivity contribution in [3.05, 3.63) is 64.2 Å². The Bertz CT molecular complexity index is 1170. The van der Waals surface area contributed by atoms with Gasteiger partial charge in [0.05, 0.1) is 11.9 Å². The molecule has 198 valence electrons. The van der Waals surface area contributed by atoms with Gasteiger partial charge in [0.2, 0.25) is 21.8 Å². The number of rotatable bonds is 12. The fourth-order valence-corrected chi connectivity index (χ4v) is 4.92. The molecule has 0 saturated heterocycles. The van der Waals surface area contributed by atoms with Crippen LogP contribution in [0, 0.1) is 19.8 Å². The summed E-state index contributed by atoms with van der Waals surface area (Å²) in [5, 5.41) is 3.44. The van der Waals surface area contributed by atoms with Gasteiger partial charge in [0, 0.05) is 31.1 Å². The van der Waals surface area contributed by atoms with Crippen LogP contribution in [0.15, 0.2) is 42.5 Å². The largest absolute Gasteiger partial charge is 0.354 e. The Morgan fingerprint density at radius 3 is 2.31 bits per heavy atom. The number of anilines is 1. The lowest BCUT2D eigenvalue weighted by atomic mass is 10.1. The van der Waals surface area contributed by atoms with E-state index in [1.54, 1.807) is 31.2 Å². The van der Waals surface area contributed by atoms with E-state index in [0.29, 0.717) is 23.7 Å². The average Bonchev–Trinajstić information content (AvgIpc) is 2.79. The van der Waals surface area contributed by atoms with Crippen LogP contribution in [0.25, 0.3) is 0 Å². The molecule has 0 radical (unpaired) electrons. The van der Waals surface area contributed by atoms with E-state index >= 15 is 0 Å². The number of sulfonamides is 1. The second-order valence-corrected chi connectivity index (χ2v) is 12.0. The van der Waals surface area contributed by atoms with E-state index in [2.05, 4.69) is 5.32 Å². The summed E-state index contributed by atoms with van der Waals surface area (Å²) in [4.78, 5) is 27.6. The molecule has 36 heavy (non-hydrogen) atoms. The SMILES string of the molecule is Cc1ccc(N(CCCC(=O)N(Cc2cccc(Cl)c2)C(C)C(=O)NCC(C)C)S(C)(=O)=O)cc1C. The first-order valence-corrected chi connectivity index (χ1v) is 14.4. The minimum Gasteiger partial charge on any atom is -0.354 e. The topological polar surface area (TPSA) is 86.8 Å². The Morgan fingerprint density at radius 2 is 1.72 bits per heavy atom. The van der Waals surface area contributed by atoms with Gasteiger partial charge >= 0.3 is 0 Å². The number of benzene rings is 2. The highest BCUT2D eigenvalue weighted by Gasteiger charge is 2.27.